The Bertz CT molecular complexity index is 310. The van der Waals surface area contributed by atoms with Crippen molar-refractivity contribution in [2.75, 3.05) is 13.1 Å². The number of carboxylic acids is 1. The van der Waals surface area contributed by atoms with Gasteiger partial charge in [-0.3, -0.25) is 0 Å². The smallest absolute Gasteiger partial charge is 0.333 e. The van der Waals surface area contributed by atoms with Gasteiger partial charge in [0.05, 0.1) is 5.57 Å². The third kappa shape index (κ3) is 13.4. The maximum Gasteiger partial charge on any atom is 0.333 e. The Balaban J connectivity index is 4.21. The lowest BCUT2D eigenvalue weighted by Gasteiger charge is -2.21. The minimum absolute atomic E-state index is 0.534. The zero-order valence-electron chi connectivity index (χ0n) is 16.5. The predicted molar refractivity (Wildman–Crippen MR) is 104 cm³/mol. The molecule has 0 aromatic heterocycles. The normalized spacial score (nSPS) is 11.7. The van der Waals surface area contributed by atoms with Crippen LogP contribution in [0.15, 0.2) is 11.8 Å². The number of nitrogens with zero attached hydrogens (tertiary/aromatic N) is 1. The fourth-order valence-electron chi connectivity index (χ4n) is 2.95. The standard InChI is InChI=1S/C21H41NO2/c1-4-7-9-11-13-15-17-22(19-20(6-3)21(23)24)18-16-14-12-10-8-5-2/h19H,4-18H2,1-3H3,(H,23,24). The molecule has 3 nitrogen and oxygen atoms in total. The van der Waals surface area contributed by atoms with Crippen molar-refractivity contribution < 1.29 is 9.90 Å². The molecule has 0 aliphatic rings. The molecule has 0 aliphatic carbocycles. The van der Waals surface area contributed by atoms with Crippen molar-refractivity contribution >= 4 is 5.97 Å². The second-order valence-corrected chi connectivity index (χ2v) is 6.88. The van der Waals surface area contributed by atoms with Crippen molar-refractivity contribution in [1.29, 1.82) is 0 Å². The van der Waals surface area contributed by atoms with E-state index in [0.717, 1.165) is 13.1 Å². The minimum atomic E-state index is -0.770. The molecule has 3 heteroatoms. The van der Waals surface area contributed by atoms with Gasteiger partial charge in [0, 0.05) is 19.3 Å². The highest BCUT2D eigenvalue weighted by molar-refractivity contribution is 5.86. The molecule has 0 aromatic rings. The Morgan fingerprint density at radius 3 is 1.54 bits per heavy atom. The lowest BCUT2D eigenvalue weighted by atomic mass is 10.1. The molecule has 0 aliphatic heterocycles. The third-order valence-corrected chi connectivity index (χ3v) is 4.59. The topological polar surface area (TPSA) is 40.5 Å². The molecule has 0 bridgehead atoms. The molecular formula is C21H41NO2. The average Bonchev–Trinajstić information content (AvgIpc) is 2.57. The van der Waals surface area contributed by atoms with Gasteiger partial charge in [0.1, 0.15) is 0 Å². The first-order valence-corrected chi connectivity index (χ1v) is 10.3. The van der Waals surface area contributed by atoms with Gasteiger partial charge in [0.15, 0.2) is 0 Å². The first kappa shape index (κ1) is 23.0. The van der Waals surface area contributed by atoms with Crippen molar-refractivity contribution in [2.24, 2.45) is 0 Å². The molecule has 0 aromatic carbocycles. The second kappa shape index (κ2) is 16.9. The van der Waals surface area contributed by atoms with E-state index >= 15 is 0 Å². The molecule has 0 atom stereocenters. The fraction of sp³-hybridized carbons (Fsp3) is 0.857. The van der Waals surface area contributed by atoms with Crippen LogP contribution in [0.1, 0.15) is 104 Å². The van der Waals surface area contributed by atoms with E-state index in [1.807, 2.05) is 13.1 Å². The first-order chi connectivity index (χ1) is 11.7. The van der Waals surface area contributed by atoms with E-state index in [1.54, 1.807) is 0 Å². The number of unbranched alkanes of at least 4 members (excludes halogenated alkanes) is 10. The van der Waals surface area contributed by atoms with Crippen LogP contribution in [0, 0.1) is 0 Å². The number of hydrogen-bond acceptors (Lipinski definition) is 2. The second-order valence-electron chi connectivity index (χ2n) is 6.88. The maximum absolute atomic E-state index is 11.3. The first-order valence-electron chi connectivity index (χ1n) is 10.3. The molecule has 142 valence electrons. The average molecular weight is 340 g/mol. The summed E-state index contributed by atoms with van der Waals surface area (Å²) < 4.78 is 0. The molecule has 0 saturated heterocycles. The summed E-state index contributed by atoms with van der Waals surface area (Å²) in [5, 5.41) is 9.26. The van der Waals surface area contributed by atoms with Crippen LogP contribution in [0.25, 0.3) is 0 Å². The molecule has 0 radical (unpaired) electrons. The maximum atomic E-state index is 11.3. The van der Waals surface area contributed by atoms with Crippen molar-refractivity contribution in [3.63, 3.8) is 0 Å². The van der Waals surface area contributed by atoms with Gasteiger partial charge in [-0.2, -0.15) is 0 Å². The number of carbonyl (C=O) groups is 1. The Morgan fingerprint density at radius 1 is 0.750 bits per heavy atom. The molecule has 0 fully saturated rings. The fourth-order valence-corrected chi connectivity index (χ4v) is 2.95. The van der Waals surface area contributed by atoms with Crippen LogP contribution in [0.2, 0.25) is 0 Å². The molecule has 0 spiro atoms. The quantitative estimate of drug-likeness (QED) is 0.246. The molecule has 0 amide bonds. The highest BCUT2D eigenvalue weighted by Crippen LogP contribution is 2.11. The summed E-state index contributed by atoms with van der Waals surface area (Å²) >= 11 is 0. The van der Waals surface area contributed by atoms with Gasteiger partial charge in [0.2, 0.25) is 0 Å². The van der Waals surface area contributed by atoms with E-state index in [4.69, 9.17) is 0 Å². The number of aliphatic carboxylic acids is 1. The Hall–Kier alpha value is -0.990. The van der Waals surface area contributed by atoms with Crippen LogP contribution in [-0.2, 0) is 4.79 Å². The molecule has 0 rings (SSSR count). The largest absolute Gasteiger partial charge is 0.478 e. The highest BCUT2D eigenvalue weighted by Gasteiger charge is 2.08. The monoisotopic (exact) mass is 339 g/mol. The molecular weight excluding hydrogens is 298 g/mol. The van der Waals surface area contributed by atoms with Crippen molar-refractivity contribution in [3.8, 4) is 0 Å². The van der Waals surface area contributed by atoms with Gasteiger partial charge >= 0.3 is 5.97 Å². The van der Waals surface area contributed by atoms with E-state index in [1.165, 1.54) is 77.0 Å². The summed E-state index contributed by atoms with van der Waals surface area (Å²) in [5.74, 6) is -0.770. The lowest BCUT2D eigenvalue weighted by molar-refractivity contribution is -0.132. The zero-order chi connectivity index (χ0) is 18.0. The Morgan fingerprint density at radius 2 is 1.17 bits per heavy atom. The van der Waals surface area contributed by atoms with Crippen LogP contribution in [0.3, 0.4) is 0 Å². The van der Waals surface area contributed by atoms with Gasteiger partial charge in [0.25, 0.3) is 0 Å². The van der Waals surface area contributed by atoms with Gasteiger partial charge in [-0.15, -0.1) is 0 Å². The van der Waals surface area contributed by atoms with E-state index in [9.17, 15) is 9.90 Å². The van der Waals surface area contributed by atoms with Crippen LogP contribution in [0.5, 0.6) is 0 Å². The minimum Gasteiger partial charge on any atom is -0.478 e. The van der Waals surface area contributed by atoms with E-state index in [0.29, 0.717) is 12.0 Å². The van der Waals surface area contributed by atoms with Crippen molar-refractivity contribution in [2.45, 2.75) is 104 Å². The molecule has 0 unspecified atom stereocenters. The van der Waals surface area contributed by atoms with Gasteiger partial charge < -0.3 is 10.0 Å². The Labute approximate surface area is 150 Å². The van der Waals surface area contributed by atoms with E-state index < -0.39 is 5.97 Å². The number of rotatable bonds is 17. The van der Waals surface area contributed by atoms with Gasteiger partial charge in [-0.25, -0.2) is 4.79 Å². The SMILES string of the molecule is CCCCCCCCN(C=C(CC)C(=O)O)CCCCCCCC. The summed E-state index contributed by atoms with van der Waals surface area (Å²) in [4.78, 5) is 13.5. The van der Waals surface area contributed by atoms with Crippen LogP contribution in [-0.4, -0.2) is 29.1 Å². The molecule has 0 heterocycles. The van der Waals surface area contributed by atoms with Crippen molar-refractivity contribution in [3.05, 3.63) is 11.8 Å². The number of carboxylic acid groups (broad SMARTS) is 1. The van der Waals surface area contributed by atoms with Crippen LogP contribution in [0.4, 0.5) is 0 Å². The highest BCUT2D eigenvalue weighted by atomic mass is 16.4. The van der Waals surface area contributed by atoms with Crippen LogP contribution >= 0.6 is 0 Å². The number of hydrogen-bond donors (Lipinski definition) is 1. The van der Waals surface area contributed by atoms with E-state index in [-0.39, 0.29) is 0 Å². The Kier molecular flexibility index (Phi) is 16.2. The molecule has 24 heavy (non-hydrogen) atoms. The summed E-state index contributed by atoms with van der Waals surface area (Å²) in [6, 6.07) is 0. The zero-order valence-corrected chi connectivity index (χ0v) is 16.5. The summed E-state index contributed by atoms with van der Waals surface area (Å²) in [7, 11) is 0. The predicted octanol–water partition coefficient (Wildman–Crippen LogP) is 6.39. The van der Waals surface area contributed by atoms with Crippen LogP contribution < -0.4 is 0 Å². The summed E-state index contributed by atoms with van der Waals surface area (Å²) in [6.45, 7) is 8.40. The van der Waals surface area contributed by atoms with E-state index in [2.05, 4.69) is 18.7 Å². The molecule has 1 N–H and O–H groups in total. The van der Waals surface area contributed by atoms with Gasteiger partial charge in [-0.05, 0) is 19.3 Å². The third-order valence-electron chi connectivity index (χ3n) is 4.59. The summed E-state index contributed by atoms with van der Waals surface area (Å²) in [5.41, 5.74) is 0.534. The molecule has 0 saturated carbocycles. The summed E-state index contributed by atoms with van der Waals surface area (Å²) in [6.07, 6.45) is 17.9. The van der Waals surface area contributed by atoms with Gasteiger partial charge in [-0.1, -0.05) is 85.0 Å². The van der Waals surface area contributed by atoms with Crippen molar-refractivity contribution in [1.82, 2.24) is 4.90 Å². The lowest BCUT2D eigenvalue weighted by Crippen LogP contribution is -2.22.